The van der Waals surface area contributed by atoms with Crippen LogP contribution < -0.4 is 0 Å². The van der Waals surface area contributed by atoms with Gasteiger partial charge >= 0.3 is 0 Å². The Hall–Kier alpha value is -1.36. The fourth-order valence-corrected chi connectivity index (χ4v) is 4.40. The van der Waals surface area contributed by atoms with E-state index in [1.54, 1.807) is 11.8 Å². The molecule has 0 amide bonds. The molecule has 2 aromatic rings. The minimum absolute atomic E-state index is 0.163. The summed E-state index contributed by atoms with van der Waals surface area (Å²) in [7, 11) is 4.27. The summed E-state index contributed by atoms with van der Waals surface area (Å²) in [6.07, 6.45) is 0.163. The van der Waals surface area contributed by atoms with Gasteiger partial charge in [-0.1, -0.05) is 83.6 Å². The van der Waals surface area contributed by atoms with Crippen molar-refractivity contribution in [3.8, 4) is 0 Å². The highest BCUT2D eigenvalue weighted by molar-refractivity contribution is 8.23. The van der Waals surface area contributed by atoms with Crippen molar-refractivity contribution in [1.29, 1.82) is 0 Å². The summed E-state index contributed by atoms with van der Waals surface area (Å²) in [5, 5.41) is 0.241. The Morgan fingerprint density at radius 2 is 1.30 bits per heavy atom. The van der Waals surface area contributed by atoms with E-state index < -0.39 is 0 Å². The summed E-state index contributed by atoms with van der Waals surface area (Å²) in [5.41, 5.74) is 5.14. The monoisotopic (exact) mass is 342 g/mol. The Morgan fingerprint density at radius 1 is 0.826 bits per heavy atom. The molecule has 1 aliphatic heterocycles. The van der Waals surface area contributed by atoms with Gasteiger partial charge in [-0.25, -0.2) is 0 Å². The topological polar surface area (TPSA) is 6.48 Å². The van der Waals surface area contributed by atoms with Crippen LogP contribution in [0.2, 0.25) is 0 Å². The molecule has 0 bridgehead atoms. The molecule has 0 aliphatic carbocycles. The highest BCUT2D eigenvalue weighted by Gasteiger charge is 2.36. The zero-order valence-corrected chi connectivity index (χ0v) is 15.6. The first-order valence-corrected chi connectivity index (χ1v) is 9.04. The Kier molecular flexibility index (Phi) is 4.76. The number of hydrogen-bond acceptors (Lipinski definition) is 3. The minimum Gasteiger partial charge on any atom is -0.341 e. The maximum atomic E-state index is 5.65. The van der Waals surface area contributed by atoms with Gasteiger partial charge in [-0.2, -0.15) is 0 Å². The summed E-state index contributed by atoms with van der Waals surface area (Å²) in [5.74, 6) is 0. The first-order chi connectivity index (χ1) is 11.0. The van der Waals surface area contributed by atoms with Gasteiger partial charge in [-0.15, -0.1) is 0 Å². The molecule has 0 saturated carbocycles. The van der Waals surface area contributed by atoms with Crippen molar-refractivity contribution < 1.29 is 0 Å². The Labute approximate surface area is 148 Å². The number of nitrogens with zero attached hydrogens (tertiary/aromatic N) is 2. The molecule has 1 fully saturated rings. The van der Waals surface area contributed by atoms with E-state index in [9.17, 15) is 0 Å². The van der Waals surface area contributed by atoms with E-state index in [1.807, 2.05) is 0 Å². The number of hydrogen-bond donors (Lipinski definition) is 0. The van der Waals surface area contributed by atoms with E-state index in [0.717, 1.165) is 4.32 Å². The molecule has 3 rings (SSSR count). The molecule has 0 aromatic heterocycles. The van der Waals surface area contributed by atoms with E-state index in [4.69, 9.17) is 12.2 Å². The predicted molar refractivity (Wildman–Crippen MR) is 104 cm³/mol. The summed E-state index contributed by atoms with van der Waals surface area (Å²) < 4.78 is 0.944. The van der Waals surface area contributed by atoms with Gasteiger partial charge in [-0.05, 0) is 32.0 Å². The lowest BCUT2D eigenvalue weighted by atomic mass is 10.1. The average Bonchev–Trinajstić information content (AvgIpc) is 2.54. The van der Waals surface area contributed by atoms with Gasteiger partial charge in [0.05, 0.1) is 5.37 Å². The van der Waals surface area contributed by atoms with Crippen LogP contribution in [0.25, 0.3) is 0 Å². The van der Waals surface area contributed by atoms with Gasteiger partial charge in [0.2, 0.25) is 0 Å². The van der Waals surface area contributed by atoms with E-state index in [2.05, 4.69) is 86.3 Å². The zero-order valence-electron chi connectivity index (χ0n) is 14.0. The fourth-order valence-electron chi connectivity index (χ4n) is 2.99. The third-order valence-electron chi connectivity index (χ3n) is 4.36. The molecule has 2 nitrogen and oxygen atoms in total. The molecule has 23 heavy (non-hydrogen) atoms. The van der Waals surface area contributed by atoms with Crippen molar-refractivity contribution >= 4 is 28.3 Å². The second kappa shape index (κ2) is 6.63. The molecule has 4 heteroatoms. The Morgan fingerprint density at radius 3 is 1.83 bits per heavy atom. The predicted octanol–water partition coefficient (Wildman–Crippen LogP) is 4.90. The van der Waals surface area contributed by atoms with Crippen molar-refractivity contribution in [2.75, 3.05) is 14.1 Å². The summed E-state index contributed by atoms with van der Waals surface area (Å²) in [6, 6.07) is 17.5. The SMILES string of the molecule is Cc1ccc(C2SC(=S)N(C)C(c3ccc(C)cc3)N2C)cc1. The maximum absolute atomic E-state index is 5.65. The van der Waals surface area contributed by atoms with E-state index in [0.29, 0.717) is 0 Å². The largest absolute Gasteiger partial charge is 0.341 e. The van der Waals surface area contributed by atoms with Gasteiger partial charge in [0, 0.05) is 7.05 Å². The van der Waals surface area contributed by atoms with E-state index in [-0.39, 0.29) is 11.5 Å². The molecule has 2 atom stereocenters. The van der Waals surface area contributed by atoms with Crippen molar-refractivity contribution in [2.45, 2.75) is 25.4 Å². The Bertz CT molecular complexity index is 694. The number of thioether (sulfide) groups is 1. The number of rotatable bonds is 2. The highest BCUT2D eigenvalue weighted by atomic mass is 32.2. The molecular formula is C19H22N2S2. The van der Waals surface area contributed by atoms with Crippen LogP contribution in [0.4, 0.5) is 0 Å². The second-order valence-corrected chi connectivity index (χ2v) is 7.92. The summed E-state index contributed by atoms with van der Waals surface area (Å²) in [6.45, 7) is 4.24. The van der Waals surface area contributed by atoms with Crippen molar-refractivity contribution in [3.05, 3.63) is 70.8 Å². The third-order valence-corrected chi connectivity index (χ3v) is 6.26. The smallest absolute Gasteiger partial charge is 0.139 e. The van der Waals surface area contributed by atoms with Gasteiger partial charge in [0.25, 0.3) is 0 Å². The number of thiocarbonyl (C=S) groups is 1. The molecule has 1 aliphatic rings. The molecule has 1 saturated heterocycles. The van der Waals surface area contributed by atoms with Crippen LogP contribution in [0, 0.1) is 13.8 Å². The molecule has 2 unspecified atom stereocenters. The fraction of sp³-hybridized carbons (Fsp3) is 0.316. The van der Waals surface area contributed by atoms with Crippen LogP contribution in [0.15, 0.2) is 48.5 Å². The number of aryl methyl sites for hydroxylation is 2. The van der Waals surface area contributed by atoms with Crippen LogP contribution in [-0.4, -0.2) is 28.2 Å². The second-order valence-electron chi connectivity index (χ2n) is 6.21. The van der Waals surface area contributed by atoms with Crippen LogP contribution in [-0.2, 0) is 0 Å². The molecule has 120 valence electrons. The van der Waals surface area contributed by atoms with Crippen LogP contribution in [0.5, 0.6) is 0 Å². The molecule has 1 heterocycles. The average molecular weight is 343 g/mol. The summed E-state index contributed by atoms with van der Waals surface area (Å²) in [4.78, 5) is 4.59. The van der Waals surface area contributed by atoms with Crippen molar-refractivity contribution in [2.24, 2.45) is 0 Å². The van der Waals surface area contributed by atoms with Gasteiger partial charge < -0.3 is 4.90 Å². The zero-order chi connectivity index (χ0) is 16.6. The first kappa shape index (κ1) is 16.5. The highest BCUT2D eigenvalue weighted by Crippen LogP contribution is 2.44. The van der Waals surface area contributed by atoms with Gasteiger partial charge in [0.1, 0.15) is 10.5 Å². The van der Waals surface area contributed by atoms with Gasteiger partial charge in [0.15, 0.2) is 0 Å². The lowest BCUT2D eigenvalue weighted by Crippen LogP contribution is -2.45. The number of benzene rings is 2. The van der Waals surface area contributed by atoms with Gasteiger partial charge in [-0.3, -0.25) is 4.90 Å². The maximum Gasteiger partial charge on any atom is 0.139 e. The van der Waals surface area contributed by atoms with Crippen molar-refractivity contribution in [3.63, 3.8) is 0 Å². The lowest BCUT2D eigenvalue weighted by molar-refractivity contribution is 0.122. The van der Waals surface area contributed by atoms with E-state index >= 15 is 0 Å². The quantitative estimate of drug-likeness (QED) is 0.716. The molecular weight excluding hydrogens is 320 g/mol. The van der Waals surface area contributed by atoms with Crippen LogP contribution in [0.1, 0.15) is 33.8 Å². The normalized spacial score (nSPS) is 22.4. The molecule has 0 radical (unpaired) electrons. The Balaban J connectivity index is 1.96. The summed E-state index contributed by atoms with van der Waals surface area (Å²) >= 11 is 7.40. The minimum atomic E-state index is 0.163. The molecule has 0 N–H and O–H groups in total. The van der Waals surface area contributed by atoms with Crippen molar-refractivity contribution in [1.82, 2.24) is 9.80 Å². The molecule has 0 spiro atoms. The lowest BCUT2D eigenvalue weighted by Gasteiger charge is -2.46. The van der Waals surface area contributed by atoms with E-state index in [1.165, 1.54) is 22.3 Å². The standard InChI is InChI=1S/C19H22N2S2/c1-13-5-9-15(10-6-13)17-20(3)18(23-19(22)21(17)4)16-11-7-14(2)8-12-16/h5-12,17-18H,1-4H3. The van der Waals surface area contributed by atoms with Crippen LogP contribution in [0.3, 0.4) is 0 Å². The van der Waals surface area contributed by atoms with Crippen LogP contribution >= 0.6 is 24.0 Å². The third kappa shape index (κ3) is 3.30. The molecule has 2 aromatic carbocycles. The first-order valence-electron chi connectivity index (χ1n) is 7.76.